The number of hydrogen-bond acceptors (Lipinski definition) is 1. The Morgan fingerprint density at radius 3 is 2.63 bits per heavy atom. The van der Waals surface area contributed by atoms with Crippen molar-refractivity contribution < 1.29 is 4.39 Å². The second-order valence-electron chi connectivity index (χ2n) is 4.20. The number of nitrogens with two attached hydrogens (primary N) is 1. The number of benzene rings is 2. The number of halogens is 4. The Hall–Kier alpha value is -0.360. The smallest absolute Gasteiger partial charge is 0.142 e. The average molecular weight is 410 g/mol. The van der Waals surface area contributed by atoms with Crippen LogP contribution < -0.4 is 5.73 Å². The minimum absolute atomic E-state index is 0.134. The van der Waals surface area contributed by atoms with Crippen LogP contribution in [0.1, 0.15) is 17.2 Å². The zero-order valence-corrected chi connectivity index (χ0v) is 13.5. The van der Waals surface area contributed by atoms with Crippen LogP contribution in [0.3, 0.4) is 0 Å². The van der Waals surface area contributed by atoms with Gasteiger partial charge < -0.3 is 5.73 Å². The third-order valence-corrected chi connectivity index (χ3v) is 4.84. The molecule has 0 fully saturated rings. The van der Waals surface area contributed by atoms with Crippen LogP contribution in [0.25, 0.3) is 0 Å². The summed E-state index contributed by atoms with van der Waals surface area (Å²) in [6.45, 7) is 0. The molecule has 2 aromatic rings. The normalized spacial score (nSPS) is 12.5. The van der Waals surface area contributed by atoms with Gasteiger partial charge in [0.2, 0.25) is 0 Å². The van der Waals surface area contributed by atoms with Gasteiger partial charge in [0.05, 0.1) is 10.0 Å². The van der Waals surface area contributed by atoms with Crippen LogP contribution in [0.5, 0.6) is 0 Å². The molecule has 19 heavy (non-hydrogen) atoms. The Labute approximate surface area is 135 Å². The lowest BCUT2D eigenvalue weighted by Crippen LogP contribution is -2.14. The van der Waals surface area contributed by atoms with Crippen LogP contribution in [0.15, 0.2) is 36.4 Å². The topological polar surface area (TPSA) is 26.0 Å². The van der Waals surface area contributed by atoms with E-state index < -0.39 is 5.82 Å². The highest BCUT2D eigenvalue weighted by Gasteiger charge is 2.12. The minimum atomic E-state index is -0.424. The fraction of sp³-hybridized carbons (Fsp3) is 0.143. The molecule has 0 amide bonds. The van der Waals surface area contributed by atoms with Gasteiger partial charge in [-0.1, -0.05) is 41.4 Å². The van der Waals surface area contributed by atoms with Gasteiger partial charge >= 0.3 is 0 Å². The molecule has 1 unspecified atom stereocenters. The molecule has 0 aromatic heterocycles. The van der Waals surface area contributed by atoms with Crippen LogP contribution in [-0.4, -0.2) is 0 Å². The Bertz CT molecular complexity index is 604. The molecule has 2 N–H and O–H groups in total. The number of hydrogen-bond donors (Lipinski definition) is 1. The second-order valence-corrected chi connectivity index (χ2v) is 6.14. The molecule has 100 valence electrons. The summed E-state index contributed by atoms with van der Waals surface area (Å²) < 4.78 is 14.3. The van der Waals surface area contributed by atoms with Crippen molar-refractivity contribution in [1.29, 1.82) is 0 Å². The Balaban J connectivity index is 2.23. The first kappa shape index (κ1) is 15.0. The molecule has 1 nitrogen and oxygen atoms in total. The van der Waals surface area contributed by atoms with Gasteiger partial charge in [0.15, 0.2) is 0 Å². The van der Waals surface area contributed by atoms with E-state index in [0.717, 1.165) is 9.13 Å². The van der Waals surface area contributed by atoms with Crippen molar-refractivity contribution in [2.75, 3.05) is 0 Å². The zero-order valence-electron chi connectivity index (χ0n) is 9.84. The largest absolute Gasteiger partial charge is 0.324 e. The average Bonchev–Trinajstić information content (AvgIpc) is 2.38. The summed E-state index contributed by atoms with van der Waals surface area (Å²) >= 11 is 14.1. The van der Waals surface area contributed by atoms with E-state index in [1.165, 1.54) is 6.07 Å². The van der Waals surface area contributed by atoms with Crippen molar-refractivity contribution >= 4 is 45.8 Å². The van der Waals surface area contributed by atoms with Crippen molar-refractivity contribution in [2.45, 2.75) is 12.5 Å². The fourth-order valence-corrected chi connectivity index (χ4v) is 2.53. The molecule has 0 bridgehead atoms. The van der Waals surface area contributed by atoms with Crippen LogP contribution in [0.2, 0.25) is 10.0 Å². The van der Waals surface area contributed by atoms with Crippen molar-refractivity contribution in [2.24, 2.45) is 5.73 Å². The molecule has 0 spiro atoms. The first-order valence-corrected chi connectivity index (χ1v) is 7.46. The molecule has 0 aliphatic rings. The molecular weight excluding hydrogens is 399 g/mol. The number of rotatable bonds is 3. The lowest BCUT2D eigenvalue weighted by molar-refractivity contribution is 0.622. The van der Waals surface area contributed by atoms with E-state index in [-0.39, 0.29) is 11.1 Å². The Morgan fingerprint density at radius 2 is 1.95 bits per heavy atom. The van der Waals surface area contributed by atoms with Crippen LogP contribution in [0.4, 0.5) is 4.39 Å². The molecule has 5 heteroatoms. The zero-order chi connectivity index (χ0) is 14.0. The second kappa shape index (κ2) is 6.39. The molecule has 0 heterocycles. The van der Waals surface area contributed by atoms with E-state index in [1.54, 1.807) is 12.1 Å². The molecular formula is C14H11Cl2FIN. The first-order chi connectivity index (χ1) is 8.99. The van der Waals surface area contributed by atoms with Gasteiger partial charge in [-0.15, -0.1) is 0 Å². The lowest BCUT2D eigenvalue weighted by Gasteiger charge is -2.14. The van der Waals surface area contributed by atoms with E-state index in [9.17, 15) is 4.39 Å². The Kier molecular flexibility index (Phi) is 5.06. The van der Waals surface area contributed by atoms with Crippen LogP contribution in [0, 0.1) is 9.39 Å². The minimum Gasteiger partial charge on any atom is -0.324 e. The SMILES string of the molecule is NC(Cc1cccc(F)c1Cl)c1ccc(I)c(Cl)c1. The summed E-state index contributed by atoms with van der Waals surface area (Å²) in [6, 6.07) is 10.1. The maximum absolute atomic E-state index is 13.4. The van der Waals surface area contributed by atoms with Gasteiger partial charge in [-0.25, -0.2) is 4.39 Å². The van der Waals surface area contributed by atoms with E-state index >= 15 is 0 Å². The first-order valence-electron chi connectivity index (χ1n) is 5.62. The van der Waals surface area contributed by atoms with Crippen LogP contribution in [-0.2, 0) is 6.42 Å². The van der Waals surface area contributed by atoms with Gasteiger partial charge in [0.1, 0.15) is 5.82 Å². The van der Waals surface area contributed by atoms with Gasteiger partial charge in [-0.05, 0) is 58.3 Å². The molecule has 0 saturated heterocycles. The lowest BCUT2D eigenvalue weighted by atomic mass is 9.99. The van der Waals surface area contributed by atoms with Gasteiger partial charge in [0.25, 0.3) is 0 Å². The maximum atomic E-state index is 13.4. The molecule has 0 radical (unpaired) electrons. The summed E-state index contributed by atoms with van der Waals surface area (Å²) in [5, 5.41) is 0.799. The van der Waals surface area contributed by atoms with E-state index in [4.69, 9.17) is 28.9 Å². The summed E-state index contributed by atoms with van der Waals surface area (Å²) in [7, 11) is 0. The standard InChI is InChI=1S/C14H11Cl2FIN/c15-10-6-8(4-5-12(10)18)13(19)7-9-2-1-3-11(17)14(9)16/h1-6,13H,7,19H2. The molecule has 2 rings (SSSR count). The summed E-state index contributed by atoms with van der Waals surface area (Å²) in [5.41, 5.74) is 7.73. The highest BCUT2D eigenvalue weighted by atomic mass is 127. The van der Waals surface area contributed by atoms with Gasteiger partial charge in [-0.2, -0.15) is 0 Å². The van der Waals surface area contributed by atoms with E-state index in [2.05, 4.69) is 22.6 Å². The van der Waals surface area contributed by atoms with Crippen LogP contribution >= 0.6 is 45.8 Å². The van der Waals surface area contributed by atoms with Crippen molar-refractivity contribution in [3.8, 4) is 0 Å². The summed E-state index contributed by atoms with van der Waals surface area (Å²) in [6.07, 6.45) is 0.466. The van der Waals surface area contributed by atoms with Gasteiger partial charge in [-0.3, -0.25) is 0 Å². The fourth-order valence-electron chi connectivity index (χ4n) is 1.80. The molecule has 2 aromatic carbocycles. The quantitative estimate of drug-likeness (QED) is 0.711. The summed E-state index contributed by atoms with van der Waals surface area (Å²) in [5.74, 6) is -0.424. The van der Waals surface area contributed by atoms with Gasteiger partial charge in [0, 0.05) is 9.61 Å². The van der Waals surface area contributed by atoms with Crippen molar-refractivity contribution in [3.63, 3.8) is 0 Å². The third kappa shape index (κ3) is 3.60. The van der Waals surface area contributed by atoms with E-state index in [0.29, 0.717) is 17.0 Å². The predicted octanol–water partition coefficient (Wildman–Crippen LogP) is 4.98. The third-order valence-electron chi connectivity index (χ3n) is 2.84. The van der Waals surface area contributed by atoms with Crippen molar-refractivity contribution in [3.05, 3.63) is 67.0 Å². The predicted molar refractivity (Wildman–Crippen MR) is 86.2 cm³/mol. The molecule has 0 saturated carbocycles. The maximum Gasteiger partial charge on any atom is 0.142 e. The van der Waals surface area contributed by atoms with E-state index in [1.807, 2.05) is 18.2 Å². The molecule has 0 aliphatic carbocycles. The highest BCUT2D eigenvalue weighted by molar-refractivity contribution is 14.1. The monoisotopic (exact) mass is 409 g/mol. The van der Waals surface area contributed by atoms with Crippen molar-refractivity contribution in [1.82, 2.24) is 0 Å². The Morgan fingerprint density at radius 1 is 1.21 bits per heavy atom. The molecule has 1 atom stereocenters. The molecule has 0 aliphatic heterocycles. The summed E-state index contributed by atoms with van der Waals surface area (Å²) in [4.78, 5) is 0. The highest BCUT2D eigenvalue weighted by Crippen LogP contribution is 2.27.